The average Bonchev–Trinajstić information content (AvgIpc) is 2.83. The van der Waals surface area contributed by atoms with Crippen LogP contribution >= 0.6 is 0 Å². The van der Waals surface area contributed by atoms with E-state index in [1.54, 1.807) is 20.5 Å². The molecule has 32 heavy (non-hydrogen) atoms. The molecule has 0 saturated carbocycles. The van der Waals surface area contributed by atoms with Gasteiger partial charge in [-0.15, -0.1) is 0 Å². The zero-order valence-electron chi connectivity index (χ0n) is 18.7. The van der Waals surface area contributed by atoms with Crippen molar-refractivity contribution in [2.45, 2.75) is 13.8 Å². The van der Waals surface area contributed by atoms with Crippen molar-refractivity contribution in [1.29, 1.82) is 0 Å². The van der Waals surface area contributed by atoms with E-state index in [-0.39, 0.29) is 0 Å². The van der Waals surface area contributed by atoms with Crippen molar-refractivity contribution in [3.63, 3.8) is 0 Å². The fraction of sp³-hybridized carbons (Fsp3) is 0.192. The number of ether oxygens (including phenoxy) is 5. The first-order valence-electron chi connectivity index (χ1n) is 10.2. The molecule has 0 amide bonds. The second kappa shape index (κ2) is 11.5. The molecule has 166 valence electrons. The first-order chi connectivity index (χ1) is 15.6. The van der Waals surface area contributed by atoms with E-state index in [9.17, 15) is 0 Å². The second-order valence-corrected chi connectivity index (χ2v) is 6.72. The third-order valence-corrected chi connectivity index (χ3v) is 4.40. The Hall–Kier alpha value is -3.93. The molecule has 3 rings (SSSR count). The molecule has 0 atom stereocenters. The van der Waals surface area contributed by atoms with Crippen molar-refractivity contribution in [3.8, 4) is 28.7 Å². The van der Waals surface area contributed by atoms with Crippen LogP contribution < -0.4 is 23.7 Å². The summed E-state index contributed by atoms with van der Waals surface area (Å²) < 4.78 is 27.9. The molecule has 0 N–H and O–H groups in total. The summed E-state index contributed by atoms with van der Waals surface area (Å²) in [5.74, 6) is 3.93. The summed E-state index contributed by atoms with van der Waals surface area (Å²) in [7, 11) is 3.25. The van der Waals surface area contributed by atoms with Crippen LogP contribution in [-0.2, 0) is 0 Å². The van der Waals surface area contributed by atoms with Crippen LogP contribution in [0.3, 0.4) is 0 Å². The van der Waals surface area contributed by atoms with Crippen LogP contribution in [0.5, 0.6) is 28.7 Å². The van der Waals surface area contributed by atoms with Crippen LogP contribution in [0.15, 0.2) is 89.6 Å². The summed E-state index contributed by atoms with van der Waals surface area (Å²) in [6.45, 7) is 4.39. The van der Waals surface area contributed by atoms with Crippen LogP contribution in [0, 0.1) is 0 Å². The number of methoxy groups -OCH3 is 2. The lowest BCUT2D eigenvalue weighted by Gasteiger charge is -2.12. The first-order valence-corrected chi connectivity index (χ1v) is 10.2. The quantitative estimate of drug-likeness (QED) is 0.229. The van der Waals surface area contributed by atoms with Gasteiger partial charge >= 0.3 is 0 Å². The van der Waals surface area contributed by atoms with Crippen LogP contribution in [0.1, 0.15) is 13.8 Å². The Kier molecular flexibility index (Phi) is 8.15. The number of benzene rings is 3. The highest BCUT2D eigenvalue weighted by Gasteiger charge is 2.09. The second-order valence-electron chi connectivity index (χ2n) is 6.72. The largest absolute Gasteiger partial charge is 0.497 e. The van der Waals surface area contributed by atoms with Crippen molar-refractivity contribution in [2.75, 3.05) is 20.8 Å². The van der Waals surface area contributed by atoms with E-state index in [1.807, 2.05) is 86.6 Å². The lowest BCUT2D eigenvalue weighted by Crippen LogP contribution is -2.11. The van der Waals surface area contributed by atoms with Gasteiger partial charge in [-0.3, -0.25) is 0 Å². The van der Waals surface area contributed by atoms with E-state index in [0.717, 1.165) is 22.9 Å². The molecule has 0 radical (unpaired) electrons. The summed E-state index contributed by atoms with van der Waals surface area (Å²) in [6, 6.07) is 22.2. The third-order valence-electron chi connectivity index (χ3n) is 4.40. The van der Waals surface area contributed by atoms with Gasteiger partial charge in [0.2, 0.25) is 5.90 Å². The van der Waals surface area contributed by atoms with E-state index in [2.05, 4.69) is 4.99 Å². The van der Waals surface area contributed by atoms with Gasteiger partial charge in [-0.05, 0) is 74.5 Å². The van der Waals surface area contributed by atoms with Crippen molar-refractivity contribution in [2.24, 2.45) is 4.99 Å². The summed E-state index contributed by atoms with van der Waals surface area (Å²) in [4.78, 5) is 4.67. The van der Waals surface area contributed by atoms with Crippen molar-refractivity contribution < 1.29 is 23.7 Å². The number of hydrogen-bond donors (Lipinski definition) is 0. The molecule has 6 nitrogen and oxygen atoms in total. The lowest BCUT2D eigenvalue weighted by atomic mass is 10.3. The number of nitrogens with zero attached hydrogens (tertiary/aromatic N) is 1. The van der Waals surface area contributed by atoms with E-state index >= 15 is 0 Å². The van der Waals surface area contributed by atoms with Crippen LogP contribution in [0.25, 0.3) is 0 Å². The van der Waals surface area contributed by atoms with E-state index in [1.165, 1.54) is 0 Å². The van der Waals surface area contributed by atoms with Gasteiger partial charge in [0.15, 0.2) is 0 Å². The van der Waals surface area contributed by atoms with Gasteiger partial charge in [-0.25, -0.2) is 4.99 Å². The van der Waals surface area contributed by atoms with Gasteiger partial charge < -0.3 is 23.7 Å². The summed E-state index contributed by atoms with van der Waals surface area (Å²) in [5.41, 5.74) is 1.43. The van der Waals surface area contributed by atoms with E-state index in [0.29, 0.717) is 29.6 Å². The third kappa shape index (κ3) is 6.54. The topological polar surface area (TPSA) is 58.5 Å². The van der Waals surface area contributed by atoms with Crippen molar-refractivity contribution >= 4 is 11.6 Å². The molecule has 0 bridgehead atoms. The molecule has 3 aromatic rings. The molecular formula is C26H27NO5. The molecule has 0 aliphatic heterocycles. The minimum atomic E-state index is 0.400. The normalized spacial score (nSPS) is 11.6. The van der Waals surface area contributed by atoms with Gasteiger partial charge in [0, 0.05) is 11.6 Å². The maximum atomic E-state index is 6.12. The molecule has 0 spiro atoms. The van der Waals surface area contributed by atoms with Crippen LogP contribution in [-0.4, -0.2) is 26.7 Å². The van der Waals surface area contributed by atoms with Gasteiger partial charge in [0.05, 0.1) is 32.8 Å². The molecule has 0 aliphatic rings. The Morgan fingerprint density at radius 1 is 0.781 bits per heavy atom. The predicted octanol–water partition coefficient (Wildman–Crippen LogP) is 6.19. The average molecular weight is 434 g/mol. The molecule has 0 heterocycles. The monoisotopic (exact) mass is 433 g/mol. The smallest absolute Gasteiger partial charge is 0.225 e. The Morgan fingerprint density at radius 2 is 1.38 bits per heavy atom. The fourth-order valence-electron chi connectivity index (χ4n) is 2.73. The standard InChI is InChI=1S/C26H27NO5/c1-5-30-24-7-6-8-25(17-24)32-26(27-20-9-11-21(28-3)12-10-20)19(2)18-31-23-15-13-22(29-4)14-16-23/h6-18H,5H2,1-4H3/b19-18+,27-26+. The van der Waals surface area contributed by atoms with Gasteiger partial charge in [0.25, 0.3) is 0 Å². The minimum absolute atomic E-state index is 0.400. The molecule has 0 unspecified atom stereocenters. The predicted molar refractivity (Wildman–Crippen MR) is 126 cm³/mol. The van der Waals surface area contributed by atoms with Gasteiger partial charge in [-0.2, -0.15) is 0 Å². The summed E-state index contributed by atoms with van der Waals surface area (Å²) in [6.07, 6.45) is 1.61. The number of hydrogen-bond acceptors (Lipinski definition) is 6. The Labute approximate surface area is 188 Å². The van der Waals surface area contributed by atoms with Gasteiger partial charge in [-0.1, -0.05) is 6.07 Å². The van der Waals surface area contributed by atoms with Crippen LogP contribution in [0.2, 0.25) is 0 Å². The molecule has 0 aromatic heterocycles. The molecule has 0 aliphatic carbocycles. The Balaban J connectivity index is 1.87. The fourth-order valence-corrected chi connectivity index (χ4v) is 2.73. The molecule has 0 saturated heterocycles. The number of rotatable bonds is 9. The van der Waals surface area contributed by atoms with Crippen molar-refractivity contribution in [1.82, 2.24) is 0 Å². The van der Waals surface area contributed by atoms with Gasteiger partial charge in [0.1, 0.15) is 28.7 Å². The van der Waals surface area contributed by atoms with E-state index < -0.39 is 0 Å². The Morgan fingerprint density at radius 3 is 2.00 bits per heavy atom. The highest BCUT2D eigenvalue weighted by Crippen LogP contribution is 2.24. The maximum absolute atomic E-state index is 6.12. The van der Waals surface area contributed by atoms with E-state index in [4.69, 9.17) is 23.7 Å². The molecular weight excluding hydrogens is 406 g/mol. The van der Waals surface area contributed by atoms with Crippen molar-refractivity contribution in [3.05, 3.63) is 84.6 Å². The molecule has 0 fully saturated rings. The molecule has 6 heteroatoms. The maximum Gasteiger partial charge on any atom is 0.225 e. The SMILES string of the molecule is CCOc1cccc(OC(=N/c2ccc(OC)cc2)/C(C)=C/Oc2ccc(OC)cc2)c1. The van der Waals surface area contributed by atoms with Crippen LogP contribution in [0.4, 0.5) is 5.69 Å². The Bertz CT molecular complexity index is 1060. The highest BCUT2D eigenvalue weighted by molar-refractivity contribution is 5.96. The zero-order chi connectivity index (χ0) is 22.8. The summed E-state index contributed by atoms with van der Waals surface area (Å²) in [5, 5.41) is 0. The first kappa shape index (κ1) is 22.7. The summed E-state index contributed by atoms with van der Waals surface area (Å²) >= 11 is 0. The lowest BCUT2D eigenvalue weighted by molar-refractivity contribution is 0.339. The molecule has 3 aromatic carbocycles. The minimum Gasteiger partial charge on any atom is -0.497 e. The number of aliphatic imine (C=N–C) groups is 1. The zero-order valence-corrected chi connectivity index (χ0v) is 18.7. The highest BCUT2D eigenvalue weighted by atomic mass is 16.5.